The Morgan fingerprint density at radius 2 is 1.74 bits per heavy atom. The van der Waals surface area contributed by atoms with Crippen molar-refractivity contribution in [3.05, 3.63) is 41.5 Å². The van der Waals surface area contributed by atoms with E-state index in [1.54, 1.807) is 26.4 Å². The normalized spacial score (nSPS) is 27.7. The maximum atomic E-state index is 13.4. The number of carbonyl (C=O) groups excluding carboxylic acids is 1. The maximum Gasteiger partial charge on any atom is 0.231 e. The number of carbonyl (C=O) groups is 1. The van der Waals surface area contributed by atoms with Crippen LogP contribution in [0.4, 0.5) is 0 Å². The zero-order valence-corrected chi connectivity index (χ0v) is 18.1. The highest BCUT2D eigenvalue weighted by atomic mass is 16.7. The summed E-state index contributed by atoms with van der Waals surface area (Å²) in [6.07, 6.45) is 0.692. The number of ether oxygens (including phenoxy) is 5. The second-order valence-corrected chi connectivity index (χ2v) is 9.24. The van der Waals surface area contributed by atoms with Gasteiger partial charge in [-0.05, 0) is 17.5 Å². The van der Waals surface area contributed by atoms with Gasteiger partial charge in [0.2, 0.25) is 12.6 Å². The molecule has 0 bridgehead atoms. The van der Waals surface area contributed by atoms with Gasteiger partial charge in [-0.2, -0.15) is 0 Å². The van der Waals surface area contributed by atoms with Gasteiger partial charge >= 0.3 is 0 Å². The van der Waals surface area contributed by atoms with Crippen LogP contribution < -0.4 is 23.7 Å². The monoisotopic (exact) mass is 426 g/mol. The lowest BCUT2D eigenvalue weighted by Gasteiger charge is -2.51. The largest absolute Gasteiger partial charge is 0.497 e. The molecule has 3 atom stereocenters. The van der Waals surface area contributed by atoms with Crippen molar-refractivity contribution >= 4 is 5.78 Å². The first-order valence-electron chi connectivity index (χ1n) is 10.3. The van der Waals surface area contributed by atoms with Gasteiger partial charge in [0.15, 0.2) is 11.5 Å². The standard InChI is InChI=1S/C24H26O7/c1-23(2)10-16(25)22-21(14-6-5-13(27-3)7-17(14)28-4)15-8-19-20(30-12-29-19)9-18(15)31-24(22,26)11-23/h5-9,21-22,26H,10-12H2,1-4H3/t21-,22-,24+/m1/s1. The number of methoxy groups -OCH3 is 2. The minimum atomic E-state index is -1.64. The third kappa shape index (κ3) is 3.10. The molecule has 0 saturated heterocycles. The van der Waals surface area contributed by atoms with E-state index in [4.69, 9.17) is 23.7 Å². The summed E-state index contributed by atoms with van der Waals surface area (Å²) < 4.78 is 28.3. The Hall–Kier alpha value is -2.93. The number of benzene rings is 2. The molecule has 2 aromatic carbocycles. The first-order chi connectivity index (χ1) is 14.7. The molecular weight excluding hydrogens is 400 g/mol. The van der Waals surface area contributed by atoms with E-state index in [0.29, 0.717) is 41.6 Å². The quantitative estimate of drug-likeness (QED) is 0.802. The minimum absolute atomic E-state index is 0.0371. The molecular formula is C24H26O7. The topological polar surface area (TPSA) is 83.5 Å². The summed E-state index contributed by atoms with van der Waals surface area (Å²) in [7, 11) is 3.17. The Labute approximate surface area is 180 Å². The molecule has 2 aromatic rings. The van der Waals surface area contributed by atoms with Gasteiger partial charge in [0.1, 0.15) is 23.0 Å². The number of aliphatic hydroxyl groups is 1. The Morgan fingerprint density at radius 3 is 2.45 bits per heavy atom. The van der Waals surface area contributed by atoms with Crippen LogP contribution in [0.25, 0.3) is 0 Å². The fourth-order valence-corrected chi connectivity index (χ4v) is 5.30. The molecule has 7 heteroatoms. The Kier molecular flexibility index (Phi) is 4.38. The molecule has 31 heavy (non-hydrogen) atoms. The summed E-state index contributed by atoms with van der Waals surface area (Å²) in [5, 5.41) is 11.7. The molecule has 5 rings (SSSR count). The molecule has 1 aliphatic carbocycles. The van der Waals surface area contributed by atoms with E-state index < -0.39 is 17.6 Å². The van der Waals surface area contributed by atoms with Gasteiger partial charge in [0.05, 0.1) is 20.1 Å². The van der Waals surface area contributed by atoms with E-state index in [-0.39, 0.29) is 18.0 Å². The van der Waals surface area contributed by atoms with Gasteiger partial charge in [-0.25, -0.2) is 0 Å². The summed E-state index contributed by atoms with van der Waals surface area (Å²) in [6.45, 7) is 4.07. The van der Waals surface area contributed by atoms with Crippen molar-refractivity contribution in [1.29, 1.82) is 0 Å². The van der Waals surface area contributed by atoms with Crippen LogP contribution in [0.3, 0.4) is 0 Å². The number of ketones is 1. The van der Waals surface area contributed by atoms with E-state index in [0.717, 1.165) is 11.1 Å². The second kappa shape index (κ2) is 6.79. The lowest BCUT2D eigenvalue weighted by molar-refractivity contribution is -0.222. The molecule has 1 N–H and O–H groups in total. The van der Waals surface area contributed by atoms with E-state index in [1.165, 1.54) is 0 Å². The van der Waals surface area contributed by atoms with Crippen molar-refractivity contribution in [3.8, 4) is 28.7 Å². The average molecular weight is 426 g/mol. The first kappa shape index (κ1) is 20.0. The fourth-order valence-electron chi connectivity index (χ4n) is 5.30. The van der Waals surface area contributed by atoms with Gasteiger partial charge < -0.3 is 28.8 Å². The first-order valence-corrected chi connectivity index (χ1v) is 10.3. The zero-order valence-electron chi connectivity index (χ0n) is 18.1. The van der Waals surface area contributed by atoms with Crippen molar-refractivity contribution in [2.45, 2.75) is 38.4 Å². The van der Waals surface area contributed by atoms with Gasteiger partial charge in [-0.3, -0.25) is 4.79 Å². The van der Waals surface area contributed by atoms with Crippen molar-refractivity contribution in [2.24, 2.45) is 11.3 Å². The summed E-state index contributed by atoms with van der Waals surface area (Å²) in [5.74, 6) is -0.0872. The number of hydrogen-bond donors (Lipinski definition) is 1. The van der Waals surface area contributed by atoms with Gasteiger partial charge in [0.25, 0.3) is 0 Å². The van der Waals surface area contributed by atoms with Gasteiger partial charge in [0, 0.05) is 42.0 Å². The highest BCUT2D eigenvalue weighted by Crippen LogP contribution is 2.58. The molecule has 0 amide bonds. The number of rotatable bonds is 3. The lowest BCUT2D eigenvalue weighted by atomic mass is 9.61. The third-order valence-electron chi connectivity index (χ3n) is 6.45. The minimum Gasteiger partial charge on any atom is -0.497 e. The summed E-state index contributed by atoms with van der Waals surface area (Å²) >= 11 is 0. The van der Waals surface area contributed by atoms with Crippen LogP contribution in [0.1, 0.15) is 43.7 Å². The molecule has 7 nitrogen and oxygen atoms in total. The Morgan fingerprint density at radius 1 is 1.00 bits per heavy atom. The summed E-state index contributed by atoms with van der Waals surface area (Å²) in [6, 6.07) is 9.08. The van der Waals surface area contributed by atoms with Gasteiger partial charge in [-0.15, -0.1) is 0 Å². The second-order valence-electron chi connectivity index (χ2n) is 9.24. The Bertz CT molecular complexity index is 1060. The van der Waals surface area contributed by atoms with E-state index >= 15 is 0 Å². The van der Waals surface area contributed by atoms with Crippen LogP contribution in [0.5, 0.6) is 28.7 Å². The third-order valence-corrected chi connectivity index (χ3v) is 6.45. The molecule has 1 saturated carbocycles. The molecule has 3 aliphatic rings. The molecule has 2 aliphatic heterocycles. The van der Waals surface area contributed by atoms with Crippen LogP contribution >= 0.6 is 0 Å². The maximum absolute atomic E-state index is 13.4. The van der Waals surface area contributed by atoms with Crippen molar-refractivity contribution in [3.63, 3.8) is 0 Å². The predicted molar refractivity (Wildman–Crippen MR) is 111 cm³/mol. The predicted octanol–water partition coefficient (Wildman–Crippen LogP) is 3.65. The number of hydrogen-bond acceptors (Lipinski definition) is 7. The smallest absolute Gasteiger partial charge is 0.231 e. The van der Waals surface area contributed by atoms with Crippen LogP contribution in [0.15, 0.2) is 30.3 Å². The van der Waals surface area contributed by atoms with E-state index in [9.17, 15) is 9.90 Å². The number of fused-ring (bicyclic) bond motifs is 3. The van der Waals surface area contributed by atoms with Crippen LogP contribution in [0, 0.1) is 11.3 Å². The van der Waals surface area contributed by atoms with Crippen molar-refractivity contribution < 1.29 is 33.6 Å². The molecule has 164 valence electrons. The molecule has 0 spiro atoms. The lowest BCUT2D eigenvalue weighted by Crippen LogP contribution is -2.58. The molecule has 0 aromatic heterocycles. The average Bonchev–Trinajstić information content (AvgIpc) is 3.16. The number of Topliss-reactive ketones (excluding diaryl/α,β-unsaturated/α-hetero) is 1. The Balaban J connectivity index is 1.74. The summed E-state index contributed by atoms with van der Waals surface area (Å²) in [5.41, 5.74) is 1.16. The SMILES string of the molecule is COc1ccc([C@@H]2c3cc4c(cc3O[C@@]3(O)CC(C)(C)CC(=O)[C@H]23)OCO4)c(OC)c1. The van der Waals surface area contributed by atoms with Crippen LogP contribution in [0.2, 0.25) is 0 Å². The summed E-state index contributed by atoms with van der Waals surface area (Å²) in [4.78, 5) is 13.4. The molecule has 0 radical (unpaired) electrons. The highest BCUT2D eigenvalue weighted by molar-refractivity contribution is 5.86. The van der Waals surface area contributed by atoms with Crippen molar-refractivity contribution in [1.82, 2.24) is 0 Å². The van der Waals surface area contributed by atoms with E-state index in [1.807, 2.05) is 32.0 Å². The highest BCUT2D eigenvalue weighted by Gasteiger charge is 2.59. The molecule has 1 fully saturated rings. The molecule has 0 unspecified atom stereocenters. The van der Waals surface area contributed by atoms with E-state index in [2.05, 4.69) is 0 Å². The zero-order chi connectivity index (χ0) is 22.0. The fraction of sp³-hybridized carbons (Fsp3) is 0.458. The molecule has 2 heterocycles. The van der Waals surface area contributed by atoms with Gasteiger partial charge in [-0.1, -0.05) is 19.9 Å². The van der Waals surface area contributed by atoms with Crippen LogP contribution in [-0.2, 0) is 4.79 Å². The van der Waals surface area contributed by atoms with Crippen molar-refractivity contribution in [2.75, 3.05) is 21.0 Å². The van der Waals surface area contributed by atoms with Crippen LogP contribution in [-0.4, -0.2) is 37.7 Å².